The number of hydrogen-bond donors (Lipinski definition) is 0. The number of ether oxygens (including phenoxy) is 1. The topological polar surface area (TPSA) is 26.5 Å². The predicted octanol–water partition coefficient (Wildman–Crippen LogP) is 3.66. The molecule has 90 valence electrons. The minimum atomic E-state index is 0.506. The van der Waals surface area contributed by atoms with Gasteiger partial charge in [-0.2, -0.15) is 0 Å². The molecule has 0 bridgehead atoms. The lowest BCUT2D eigenvalue weighted by atomic mass is 10.1. The van der Waals surface area contributed by atoms with Gasteiger partial charge in [0.25, 0.3) is 0 Å². The van der Waals surface area contributed by atoms with Crippen molar-refractivity contribution in [3.05, 3.63) is 53.8 Å². The highest BCUT2D eigenvalue weighted by atomic mass is 35.5. The normalized spacial score (nSPS) is 10.8. The number of aromatic nitrogens is 2. The van der Waals surface area contributed by atoms with Gasteiger partial charge >= 0.3 is 0 Å². The zero-order valence-corrected chi connectivity index (χ0v) is 10.6. The third-order valence-electron chi connectivity index (χ3n) is 2.85. The Hall–Kier alpha value is -2.00. The van der Waals surface area contributed by atoms with Gasteiger partial charge in [-0.15, -0.1) is 0 Å². The van der Waals surface area contributed by atoms with Crippen molar-refractivity contribution in [2.75, 3.05) is 7.11 Å². The van der Waals surface area contributed by atoms with Gasteiger partial charge in [0.1, 0.15) is 11.4 Å². The first-order chi connectivity index (χ1) is 8.79. The Kier molecular flexibility index (Phi) is 2.68. The highest BCUT2D eigenvalue weighted by Crippen LogP contribution is 2.29. The van der Waals surface area contributed by atoms with Crippen LogP contribution in [-0.4, -0.2) is 16.5 Å². The maximum absolute atomic E-state index is 6.21. The number of fused-ring (bicyclic) bond motifs is 1. The van der Waals surface area contributed by atoms with E-state index in [1.165, 1.54) is 0 Å². The summed E-state index contributed by atoms with van der Waals surface area (Å²) in [7, 11) is 1.65. The molecule has 0 saturated heterocycles. The molecule has 2 heterocycles. The SMILES string of the molecule is COc1ccc(-c2c(Cl)nc3ccccn23)cc1. The van der Waals surface area contributed by atoms with Gasteiger partial charge in [0, 0.05) is 11.8 Å². The third-order valence-corrected chi connectivity index (χ3v) is 3.11. The lowest BCUT2D eigenvalue weighted by Gasteiger charge is -2.04. The second-order valence-corrected chi connectivity index (χ2v) is 4.27. The van der Waals surface area contributed by atoms with Crippen LogP contribution >= 0.6 is 11.6 Å². The van der Waals surface area contributed by atoms with Crippen LogP contribution in [0.4, 0.5) is 0 Å². The maximum Gasteiger partial charge on any atom is 0.156 e. The van der Waals surface area contributed by atoms with Crippen LogP contribution in [0.5, 0.6) is 5.75 Å². The summed E-state index contributed by atoms with van der Waals surface area (Å²) < 4.78 is 7.13. The van der Waals surface area contributed by atoms with Crippen molar-refractivity contribution in [1.82, 2.24) is 9.38 Å². The number of benzene rings is 1. The Balaban J connectivity index is 2.20. The summed E-state index contributed by atoms with van der Waals surface area (Å²) >= 11 is 6.21. The van der Waals surface area contributed by atoms with Crippen molar-refractivity contribution in [3.63, 3.8) is 0 Å². The predicted molar refractivity (Wildman–Crippen MR) is 72.2 cm³/mol. The van der Waals surface area contributed by atoms with Gasteiger partial charge in [-0.1, -0.05) is 17.7 Å². The van der Waals surface area contributed by atoms with Crippen LogP contribution in [0.15, 0.2) is 48.7 Å². The van der Waals surface area contributed by atoms with Crippen LogP contribution in [0, 0.1) is 0 Å². The molecule has 1 aromatic carbocycles. The van der Waals surface area contributed by atoms with Crippen LogP contribution in [0.1, 0.15) is 0 Å². The van der Waals surface area contributed by atoms with Gasteiger partial charge in [0.2, 0.25) is 0 Å². The van der Waals surface area contributed by atoms with Crippen molar-refractivity contribution in [3.8, 4) is 17.0 Å². The Labute approximate surface area is 110 Å². The van der Waals surface area contributed by atoms with E-state index >= 15 is 0 Å². The molecular weight excluding hydrogens is 248 g/mol. The molecule has 0 N–H and O–H groups in total. The Morgan fingerprint density at radius 3 is 2.61 bits per heavy atom. The highest BCUT2D eigenvalue weighted by molar-refractivity contribution is 6.32. The largest absolute Gasteiger partial charge is 0.497 e. The molecule has 0 atom stereocenters. The molecule has 0 radical (unpaired) electrons. The molecule has 4 heteroatoms. The van der Waals surface area contributed by atoms with E-state index in [9.17, 15) is 0 Å². The fraction of sp³-hybridized carbons (Fsp3) is 0.0714. The van der Waals surface area contributed by atoms with Crippen LogP contribution < -0.4 is 4.74 Å². The summed E-state index contributed by atoms with van der Waals surface area (Å²) in [5, 5.41) is 0.506. The maximum atomic E-state index is 6.21. The fourth-order valence-corrected chi connectivity index (χ4v) is 2.26. The van der Waals surface area contributed by atoms with E-state index in [0.717, 1.165) is 22.7 Å². The average Bonchev–Trinajstić information content (AvgIpc) is 2.75. The van der Waals surface area contributed by atoms with E-state index in [0.29, 0.717) is 5.15 Å². The lowest BCUT2D eigenvalue weighted by molar-refractivity contribution is 0.415. The molecule has 0 aliphatic rings. The van der Waals surface area contributed by atoms with Crippen molar-refractivity contribution in [2.24, 2.45) is 0 Å². The Morgan fingerprint density at radius 1 is 1.11 bits per heavy atom. The first-order valence-electron chi connectivity index (χ1n) is 5.56. The number of imidazole rings is 1. The molecule has 0 aliphatic carbocycles. The van der Waals surface area contributed by atoms with E-state index in [1.807, 2.05) is 53.1 Å². The molecule has 0 saturated carbocycles. The van der Waals surface area contributed by atoms with E-state index in [2.05, 4.69) is 4.98 Å². The van der Waals surface area contributed by atoms with Crippen LogP contribution in [-0.2, 0) is 0 Å². The van der Waals surface area contributed by atoms with Crippen molar-refractivity contribution < 1.29 is 4.74 Å². The van der Waals surface area contributed by atoms with Gasteiger partial charge in [-0.3, -0.25) is 4.40 Å². The summed E-state index contributed by atoms with van der Waals surface area (Å²) in [6, 6.07) is 13.6. The molecular formula is C14H11ClN2O. The van der Waals surface area contributed by atoms with Gasteiger partial charge < -0.3 is 4.74 Å². The second-order valence-electron chi connectivity index (χ2n) is 3.91. The van der Waals surface area contributed by atoms with Crippen LogP contribution in [0.25, 0.3) is 16.9 Å². The van der Waals surface area contributed by atoms with Crippen molar-refractivity contribution >= 4 is 17.2 Å². The molecule has 2 aromatic heterocycles. The highest BCUT2D eigenvalue weighted by Gasteiger charge is 2.11. The minimum absolute atomic E-state index is 0.506. The minimum Gasteiger partial charge on any atom is -0.497 e. The van der Waals surface area contributed by atoms with Gasteiger partial charge in [-0.25, -0.2) is 4.98 Å². The van der Waals surface area contributed by atoms with Gasteiger partial charge in [0.05, 0.1) is 12.8 Å². The summed E-state index contributed by atoms with van der Waals surface area (Å²) in [4.78, 5) is 4.33. The van der Waals surface area contributed by atoms with Gasteiger partial charge in [-0.05, 0) is 36.4 Å². The summed E-state index contributed by atoms with van der Waals surface area (Å²) in [6.07, 6.45) is 1.95. The molecule has 3 aromatic rings. The third kappa shape index (κ3) is 1.73. The number of halogens is 1. The fourth-order valence-electron chi connectivity index (χ4n) is 1.97. The molecule has 3 nitrogen and oxygen atoms in total. The first-order valence-corrected chi connectivity index (χ1v) is 5.94. The zero-order valence-electron chi connectivity index (χ0n) is 9.80. The lowest BCUT2D eigenvalue weighted by Crippen LogP contribution is -1.88. The van der Waals surface area contributed by atoms with Gasteiger partial charge in [0.15, 0.2) is 5.15 Å². The smallest absolute Gasteiger partial charge is 0.156 e. The molecule has 0 fully saturated rings. The standard InChI is InChI=1S/C14H11ClN2O/c1-18-11-7-5-10(6-8-11)13-14(15)16-12-4-2-3-9-17(12)13/h2-9H,1H3. The summed E-state index contributed by atoms with van der Waals surface area (Å²) in [5.41, 5.74) is 2.75. The van der Waals surface area contributed by atoms with Crippen LogP contribution in [0.3, 0.4) is 0 Å². The van der Waals surface area contributed by atoms with Crippen LogP contribution in [0.2, 0.25) is 5.15 Å². The first kappa shape index (κ1) is 11.1. The van der Waals surface area contributed by atoms with E-state index in [-0.39, 0.29) is 0 Å². The molecule has 0 spiro atoms. The van der Waals surface area contributed by atoms with Crippen molar-refractivity contribution in [2.45, 2.75) is 0 Å². The number of rotatable bonds is 2. The molecule has 3 rings (SSSR count). The molecule has 0 amide bonds. The van der Waals surface area contributed by atoms with E-state index < -0.39 is 0 Å². The number of hydrogen-bond acceptors (Lipinski definition) is 2. The summed E-state index contributed by atoms with van der Waals surface area (Å²) in [6.45, 7) is 0. The number of methoxy groups -OCH3 is 1. The molecule has 18 heavy (non-hydrogen) atoms. The molecule has 0 aliphatic heterocycles. The summed E-state index contributed by atoms with van der Waals surface area (Å²) in [5.74, 6) is 0.823. The number of pyridine rings is 1. The van der Waals surface area contributed by atoms with E-state index in [1.54, 1.807) is 7.11 Å². The number of nitrogens with zero attached hydrogens (tertiary/aromatic N) is 2. The quantitative estimate of drug-likeness (QED) is 0.701. The Morgan fingerprint density at radius 2 is 1.89 bits per heavy atom. The Bertz CT molecular complexity index is 689. The van der Waals surface area contributed by atoms with E-state index in [4.69, 9.17) is 16.3 Å². The monoisotopic (exact) mass is 258 g/mol. The van der Waals surface area contributed by atoms with Crippen molar-refractivity contribution in [1.29, 1.82) is 0 Å². The zero-order chi connectivity index (χ0) is 12.5. The average molecular weight is 259 g/mol. The molecule has 0 unspecified atom stereocenters. The second kappa shape index (κ2) is 4.35.